The number of sulfone groups is 1. The number of nitriles is 1. The van der Waals surface area contributed by atoms with Crippen molar-refractivity contribution in [1.82, 2.24) is 0 Å². The SMILES string of the molecule is N#CCS(=O)(=O)c1ccc(Cl)s1. The van der Waals surface area contributed by atoms with Gasteiger partial charge in [-0.2, -0.15) is 5.26 Å². The molecular formula is C6H4ClNO2S2. The quantitative estimate of drug-likeness (QED) is 0.764. The van der Waals surface area contributed by atoms with Crippen LogP contribution in [0.2, 0.25) is 4.34 Å². The molecule has 0 aliphatic rings. The highest BCUT2D eigenvalue weighted by Crippen LogP contribution is 2.25. The van der Waals surface area contributed by atoms with E-state index in [1.165, 1.54) is 12.1 Å². The van der Waals surface area contributed by atoms with Crippen molar-refractivity contribution in [3.05, 3.63) is 16.5 Å². The Hall–Kier alpha value is -0.570. The van der Waals surface area contributed by atoms with Crippen molar-refractivity contribution in [2.24, 2.45) is 0 Å². The summed E-state index contributed by atoms with van der Waals surface area (Å²) in [7, 11) is -3.42. The van der Waals surface area contributed by atoms with E-state index in [1.807, 2.05) is 0 Å². The van der Waals surface area contributed by atoms with E-state index in [9.17, 15) is 8.42 Å². The van der Waals surface area contributed by atoms with Crippen molar-refractivity contribution in [1.29, 1.82) is 5.26 Å². The van der Waals surface area contributed by atoms with Crippen molar-refractivity contribution < 1.29 is 8.42 Å². The van der Waals surface area contributed by atoms with Crippen LogP contribution in [-0.2, 0) is 9.84 Å². The molecule has 0 bridgehead atoms. The van der Waals surface area contributed by atoms with E-state index in [2.05, 4.69) is 0 Å². The first-order valence-electron chi connectivity index (χ1n) is 2.91. The average Bonchev–Trinajstić information content (AvgIpc) is 2.36. The lowest BCUT2D eigenvalue weighted by molar-refractivity contribution is 0.601. The molecule has 0 amide bonds. The van der Waals surface area contributed by atoms with Gasteiger partial charge < -0.3 is 0 Å². The zero-order chi connectivity index (χ0) is 9.19. The Labute approximate surface area is 79.1 Å². The van der Waals surface area contributed by atoms with Gasteiger partial charge in [0.15, 0.2) is 0 Å². The Morgan fingerprint density at radius 2 is 2.25 bits per heavy atom. The zero-order valence-corrected chi connectivity index (χ0v) is 8.21. The predicted molar refractivity (Wildman–Crippen MR) is 47.0 cm³/mol. The van der Waals surface area contributed by atoms with Gasteiger partial charge in [0.2, 0.25) is 9.84 Å². The van der Waals surface area contributed by atoms with Gasteiger partial charge in [-0.05, 0) is 12.1 Å². The van der Waals surface area contributed by atoms with Gasteiger partial charge in [0, 0.05) is 0 Å². The highest BCUT2D eigenvalue weighted by Gasteiger charge is 2.15. The zero-order valence-electron chi connectivity index (χ0n) is 5.82. The Bertz CT molecular complexity index is 415. The van der Waals surface area contributed by atoms with E-state index < -0.39 is 15.6 Å². The summed E-state index contributed by atoms with van der Waals surface area (Å²) < 4.78 is 22.9. The minimum absolute atomic E-state index is 0.147. The molecule has 0 saturated heterocycles. The lowest BCUT2D eigenvalue weighted by Crippen LogP contribution is -2.01. The molecule has 0 fully saturated rings. The lowest BCUT2D eigenvalue weighted by Gasteiger charge is -1.91. The topological polar surface area (TPSA) is 57.9 Å². The number of halogens is 1. The van der Waals surface area contributed by atoms with Crippen LogP contribution in [0.4, 0.5) is 0 Å². The van der Waals surface area contributed by atoms with Crippen LogP contribution in [0.1, 0.15) is 0 Å². The smallest absolute Gasteiger partial charge is 0.201 e. The van der Waals surface area contributed by atoms with E-state index >= 15 is 0 Å². The van der Waals surface area contributed by atoms with Crippen LogP contribution in [0.25, 0.3) is 0 Å². The first-order chi connectivity index (χ1) is 5.56. The standard InChI is InChI=1S/C6H4ClNO2S2/c7-5-1-2-6(11-5)12(9,10)4-3-8/h1-2H,4H2. The molecule has 1 rings (SSSR count). The third-order valence-corrected chi connectivity index (χ3v) is 4.41. The van der Waals surface area contributed by atoms with Crippen molar-refractivity contribution in [2.45, 2.75) is 4.21 Å². The predicted octanol–water partition coefficient (Wildman–Crippen LogP) is 1.70. The number of thiophene rings is 1. The second-order valence-corrected chi connectivity index (χ2v) is 5.91. The van der Waals surface area contributed by atoms with Crippen LogP contribution in [0.3, 0.4) is 0 Å². The second-order valence-electron chi connectivity index (χ2n) is 1.98. The van der Waals surface area contributed by atoms with Gasteiger partial charge in [-0.3, -0.25) is 0 Å². The molecule has 0 aliphatic heterocycles. The summed E-state index contributed by atoms with van der Waals surface area (Å²) >= 11 is 6.50. The summed E-state index contributed by atoms with van der Waals surface area (Å²) in [5, 5.41) is 8.21. The first-order valence-corrected chi connectivity index (χ1v) is 5.76. The molecule has 0 atom stereocenters. The molecular weight excluding hydrogens is 218 g/mol. The van der Waals surface area contributed by atoms with Gasteiger partial charge in [-0.25, -0.2) is 8.42 Å². The summed E-state index contributed by atoms with van der Waals surface area (Å²) in [6.45, 7) is 0. The highest BCUT2D eigenvalue weighted by molar-refractivity contribution is 7.93. The molecule has 1 aromatic rings. The maximum Gasteiger partial charge on any atom is 0.201 e. The molecule has 0 N–H and O–H groups in total. The minimum Gasteiger partial charge on any atom is -0.222 e. The van der Waals surface area contributed by atoms with E-state index in [0.29, 0.717) is 4.34 Å². The molecule has 0 aromatic carbocycles. The van der Waals surface area contributed by atoms with Crippen LogP contribution >= 0.6 is 22.9 Å². The molecule has 3 nitrogen and oxygen atoms in total. The summed E-state index contributed by atoms with van der Waals surface area (Å²) in [6.07, 6.45) is 0. The molecule has 1 heterocycles. The summed E-state index contributed by atoms with van der Waals surface area (Å²) in [6, 6.07) is 4.49. The molecule has 0 radical (unpaired) electrons. The van der Waals surface area contributed by atoms with Crippen LogP contribution in [0.15, 0.2) is 16.3 Å². The Balaban J connectivity index is 3.08. The van der Waals surface area contributed by atoms with Crippen molar-refractivity contribution in [3.8, 4) is 6.07 Å². The number of hydrogen-bond donors (Lipinski definition) is 0. The highest BCUT2D eigenvalue weighted by atomic mass is 35.5. The average molecular weight is 222 g/mol. The van der Waals surface area contributed by atoms with Crippen LogP contribution in [0, 0.1) is 11.3 Å². The van der Waals surface area contributed by atoms with Crippen LogP contribution < -0.4 is 0 Å². The fraction of sp³-hybridized carbons (Fsp3) is 0.167. The molecule has 64 valence electrons. The Kier molecular flexibility index (Phi) is 2.73. The molecule has 12 heavy (non-hydrogen) atoms. The fourth-order valence-corrected chi connectivity index (χ4v) is 3.08. The van der Waals surface area contributed by atoms with Crippen LogP contribution in [0.5, 0.6) is 0 Å². The van der Waals surface area contributed by atoms with Gasteiger partial charge in [0.25, 0.3) is 0 Å². The van der Waals surface area contributed by atoms with Crippen molar-refractivity contribution in [3.63, 3.8) is 0 Å². The van der Waals surface area contributed by atoms with E-state index in [1.54, 1.807) is 6.07 Å². The number of hydrogen-bond acceptors (Lipinski definition) is 4. The Morgan fingerprint density at radius 3 is 2.67 bits per heavy atom. The normalized spacial score (nSPS) is 11.0. The van der Waals surface area contributed by atoms with E-state index in [-0.39, 0.29) is 4.21 Å². The maximum absolute atomic E-state index is 11.2. The largest absolute Gasteiger partial charge is 0.222 e. The molecule has 0 unspecified atom stereocenters. The fourth-order valence-electron chi connectivity index (χ4n) is 0.621. The minimum atomic E-state index is -3.42. The lowest BCUT2D eigenvalue weighted by atomic mass is 10.7. The second kappa shape index (κ2) is 3.44. The van der Waals surface area contributed by atoms with Gasteiger partial charge >= 0.3 is 0 Å². The van der Waals surface area contributed by atoms with E-state index in [0.717, 1.165) is 11.3 Å². The molecule has 1 aromatic heterocycles. The van der Waals surface area contributed by atoms with Gasteiger partial charge in [0.1, 0.15) is 9.96 Å². The first kappa shape index (κ1) is 9.52. The Morgan fingerprint density at radius 1 is 1.58 bits per heavy atom. The van der Waals surface area contributed by atoms with E-state index in [4.69, 9.17) is 16.9 Å². The third-order valence-electron chi connectivity index (χ3n) is 1.11. The monoisotopic (exact) mass is 221 g/mol. The summed E-state index contributed by atoms with van der Waals surface area (Å²) in [4.78, 5) is 0. The maximum atomic E-state index is 11.2. The van der Waals surface area contributed by atoms with Gasteiger partial charge in [-0.1, -0.05) is 11.6 Å². The van der Waals surface area contributed by atoms with Gasteiger partial charge in [-0.15, -0.1) is 11.3 Å². The molecule has 0 aliphatic carbocycles. The molecule has 0 saturated carbocycles. The number of nitrogens with zero attached hydrogens (tertiary/aromatic N) is 1. The van der Waals surface area contributed by atoms with Crippen molar-refractivity contribution in [2.75, 3.05) is 5.75 Å². The molecule has 0 spiro atoms. The summed E-state index contributed by atoms with van der Waals surface area (Å²) in [5.74, 6) is -0.496. The number of rotatable bonds is 2. The third kappa shape index (κ3) is 1.97. The van der Waals surface area contributed by atoms with Crippen LogP contribution in [-0.4, -0.2) is 14.2 Å². The van der Waals surface area contributed by atoms with Gasteiger partial charge in [0.05, 0.1) is 10.4 Å². The molecule has 6 heteroatoms. The summed E-state index contributed by atoms with van der Waals surface area (Å²) in [5.41, 5.74) is 0. The van der Waals surface area contributed by atoms with Crippen molar-refractivity contribution >= 4 is 32.8 Å².